The number of fused-ring (bicyclic) bond motifs is 3. The van der Waals surface area contributed by atoms with Crippen molar-refractivity contribution in [2.24, 2.45) is 0 Å². The van der Waals surface area contributed by atoms with Crippen LogP contribution in [0.1, 0.15) is 19.8 Å². The van der Waals surface area contributed by atoms with Crippen LogP contribution in [-0.4, -0.2) is 57.5 Å². The number of carbonyl (C=O) groups excluding carboxylic acids is 1. The fourth-order valence-electron chi connectivity index (χ4n) is 3.96. The lowest BCUT2D eigenvalue weighted by Gasteiger charge is -2.41. The van der Waals surface area contributed by atoms with Gasteiger partial charge in [-0.3, -0.25) is 4.79 Å². The van der Waals surface area contributed by atoms with Gasteiger partial charge in [-0.25, -0.2) is 15.0 Å². The van der Waals surface area contributed by atoms with Gasteiger partial charge in [0.25, 0.3) is 0 Å². The van der Waals surface area contributed by atoms with Crippen LogP contribution >= 0.6 is 0 Å². The Kier molecular flexibility index (Phi) is 3.99. The van der Waals surface area contributed by atoms with Crippen LogP contribution in [0.5, 0.6) is 0 Å². The van der Waals surface area contributed by atoms with Gasteiger partial charge in [0, 0.05) is 31.7 Å². The van der Waals surface area contributed by atoms with Crippen molar-refractivity contribution >= 4 is 28.6 Å². The first kappa shape index (κ1) is 15.8. The second kappa shape index (κ2) is 6.31. The highest BCUT2D eigenvalue weighted by atomic mass is 16.2. The van der Waals surface area contributed by atoms with Crippen LogP contribution in [0.2, 0.25) is 0 Å². The summed E-state index contributed by atoms with van der Waals surface area (Å²) < 4.78 is 0. The Morgan fingerprint density at radius 3 is 2.76 bits per heavy atom. The molecule has 4 rings (SSSR count). The van der Waals surface area contributed by atoms with Gasteiger partial charge >= 0.3 is 0 Å². The van der Waals surface area contributed by atoms with Gasteiger partial charge in [0.05, 0.1) is 5.52 Å². The van der Waals surface area contributed by atoms with Gasteiger partial charge < -0.3 is 15.1 Å². The smallest absolute Gasteiger partial charge is 0.246 e. The lowest BCUT2D eigenvalue weighted by molar-refractivity contribution is -0.126. The molecule has 1 N–H and O–H groups in total. The Bertz CT molecular complexity index is 808. The predicted molar refractivity (Wildman–Crippen MR) is 97.6 cm³/mol. The van der Waals surface area contributed by atoms with Crippen molar-refractivity contribution in [2.45, 2.75) is 31.8 Å². The zero-order valence-corrected chi connectivity index (χ0v) is 14.4. The third-order valence-electron chi connectivity index (χ3n) is 5.04. The summed E-state index contributed by atoms with van der Waals surface area (Å²) >= 11 is 0. The normalized spacial score (nSPS) is 22.3. The third kappa shape index (κ3) is 2.69. The molecule has 0 saturated carbocycles. The third-order valence-corrected chi connectivity index (χ3v) is 5.04. The van der Waals surface area contributed by atoms with E-state index >= 15 is 0 Å². The number of nitrogens with one attached hydrogen (secondary N) is 1. The Labute approximate surface area is 146 Å². The van der Waals surface area contributed by atoms with E-state index < -0.39 is 0 Å². The van der Waals surface area contributed by atoms with Crippen molar-refractivity contribution in [1.29, 1.82) is 0 Å². The van der Waals surface area contributed by atoms with Crippen molar-refractivity contribution in [2.75, 3.05) is 29.9 Å². The molecule has 4 heterocycles. The number of aromatic nitrogens is 3. The van der Waals surface area contributed by atoms with Crippen molar-refractivity contribution in [1.82, 2.24) is 19.9 Å². The average molecular weight is 338 g/mol. The van der Waals surface area contributed by atoms with Crippen LogP contribution in [0, 0.1) is 0 Å². The largest absolute Gasteiger partial charge is 0.368 e. The van der Waals surface area contributed by atoms with Gasteiger partial charge in [0.2, 0.25) is 5.91 Å². The minimum atomic E-state index is 0.0193. The topological polar surface area (TPSA) is 74.2 Å². The van der Waals surface area contributed by atoms with E-state index in [-0.39, 0.29) is 5.91 Å². The fraction of sp³-hybridized carbons (Fsp3) is 0.444. The lowest BCUT2D eigenvalue weighted by atomic mass is 10.1. The number of likely N-dealkylation sites (tertiary alicyclic amines) is 1. The molecule has 7 heteroatoms. The van der Waals surface area contributed by atoms with E-state index in [0.29, 0.717) is 12.1 Å². The molecule has 2 saturated heterocycles. The molecule has 2 aromatic rings. The molecule has 130 valence electrons. The Morgan fingerprint density at radius 1 is 1.32 bits per heavy atom. The van der Waals surface area contributed by atoms with E-state index in [0.717, 1.165) is 55.1 Å². The number of anilines is 2. The van der Waals surface area contributed by atoms with Crippen LogP contribution in [0.4, 0.5) is 11.6 Å². The monoisotopic (exact) mass is 338 g/mol. The summed E-state index contributed by atoms with van der Waals surface area (Å²) in [4.78, 5) is 29.7. The molecule has 2 fully saturated rings. The Hall–Kier alpha value is -2.70. The zero-order chi connectivity index (χ0) is 17.4. The molecule has 2 aliphatic heterocycles. The Morgan fingerprint density at radius 2 is 2.08 bits per heavy atom. The van der Waals surface area contributed by atoms with Crippen molar-refractivity contribution in [3.05, 3.63) is 31.1 Å². The predicted octanol–water partition coefficient (Wildman–Crippen LogP) is 1.82. The van der Waals surface area contributed by atoms with E-state index in [2.05, 4.69) is 26.8 Å². The van der Waals surface area contributed by atoms with Gasteiger partial charge in [-0.05, 0) is 38.0 Å². The first-order valence-corrected chi connectivity index (χ1v) is 8.76. The number of hydrogen-bond donors (Lipinski definition) is 1. The quantitative estimate of drug-likeness (QED) is 0.857. The number of nitrogens with zero attached hydrogens (tertiary/aromatic N) is 5. The Balaban J connectivity index is 1.67. The van der Waals surface area contributed by atoms with E-state index in [4.69, 9.17) is 4.98 Å². The first-order chi connectivity index (χ1) is 12.2. The van der Waals surface area contributed by atoms with Gasteiger partial charge in [0.15, 0.2) is 5.82 Å². The van der Waals surface area contributed by atoms with Crippen molar-refractivity contribution in [3.63, 3.8) is 0 Å². The van der Waals surface area contributed by atoms with Gasteiger partial charge in [-0.2, -0.15) is 0 Å². The molecular weight excluding hydrogens is 316 g/mol. The van der Waals surface area contributed by atoms with Crippen LogP contribution in [0.25, 0.3) is 11.0 Å². The van der Waals surface area contributed by atoms with Crippen LogP contribution in [-0.2, 0) is 4.79 Å². The summed E-state index contributed by atoms with van der Waals surface area (Å²) in [6.45, 7) is 7.88. The molecule has 7 nitrogen and oxygen atoms in total. The fourth-order valence-corrected chi connectivity index (χ4v) is 3.96. The molecule has 2 aromatic heterocycles. The molecule has 0 aliphatic carbocycles. The number of pyridine rings is 1. The van der Waals surface area contributed by atoms with Crippen molar-refractivity contribution in [3.8, 4) is 0 Å². The number of piperazine rings is 1. The average Bonchev–Trinajstić information content (AvgIpc) is 2.90. The number of amides is 1. The highest BCUT2D eigenvalue weighted by Gasteiger charge is 2.41. The van der Waals surface area contributed by atoms with Gasteiger partial charge in [-0.15, -0.1) is 0 Å². The second-order valence-corrected chi connectivity index (χ2v) is 6.53. The number of rotatable bonds is 4. The summed E-state index contributed by atoms with van der Waals surface area (Å²) in [5, 5.41) is 3.25. The maximum absolute atomic E-state index is 12.0. The molecule has 1 amide bonds. The number of carbonyl (C=O) groups is 1. The molecule has 0 aromatic carbocycles. The lowest BCUT2D eigenvalue weighted by Crippen LogP contribution is -2.55. The summed E-state index contributed by atoms with van der Waals surface area (Å²) in [6, 6.07) is 4.64. The van der Waals surface area contributed by atoms with Gasteiger partial charge in [0.1, 0.15) is 17.7 Å². The molecule has 2 unspecified atom stereocenters. The standard InChI is InChI=1S/C18H22N6O/c1-3-16(25)23-9-12-5-6-13(10-23)24(12)15-8-7-14-17(22-15)18(19-4-2)21-11-20-14/h3,7-8,11-13H,1,4-6,9-10H2,2H3,(H,19,20,21). The molecule has 25 heavy (non-hydrogen) atoms. The summed E-state index contributed by atoms with van der Waals surface area (Å²) in [5.41, 5.74) is 1.63. The number of hydrogen-bond acceptors (Lipinski definition) is 6. The first-order valence-electron chi connectivity index (χ1n) is 8.76. The van der Waals surface area contributed by atoms with Crippen molar-refractivity contribution < 1.29 is 4.79 Å². The summed E-state index contributed by atoms with van der Waals surface area (Å²) in [7, 11) is 0. The van der Waals surface area contributed by atoms with E-state index in [9.17, 15) is 4.79 Å². The maximum atomic E-state index is 12.0. The van der Waals surface area contributed by atoms with Crippen LogP contribution < -0.4 is 10.2 Å². The zero-order valence-electron chi connectivity index (χ0n) is 14.4. The molecule has 0 radical (unpaired) electrons. The SMILES string of the molecule is C=CC(=O)N1CC2CCC(C1)N2c1ccc2ncnc(NCC)c2n1. The molecular formula is C18H22N6O. The summed E-state index contributed by atoms with van der Waals surface area (Å²) in [6.07, 6.45) is 5.13. The highest BCUT2D eigenvalue weighted by molar-refractivity contribution is 5.88. The van der Waals surface area contributed by atoms with E-state index in [1.165, 1.54) is 6.08 Å². The van der Waals surface area contributed by atoms with E-state index in [1.807, 2.05) is 24.0 Å². The molecule has 2 aliphatic rings. The highest BCUT2D eigenvalue weighted by Crippen LogP contribution is 2.35. The van der Waals surface area contributed by atoms with Crippen LogP contribution in [0.15, 0.2) is 31.1 Å². The van der Waals surface area contributed by atoms with Crippen LogP contribution in [0.3, 0.4) is 0 Å². The second-order valence-electron chi connectivity index (χ2n) is 6.53. The minimum Gasteiger partial charge on any atom is -0.368 e. The van der Waals surface area contributed by atoms with Gasteiger partial charge in [-0.1, -0.05) is 6.58 Å². The summed E-state index contributed by atoms with van der Waals surface area (Å²) in [5.74, 6) is 1.73. The maximum Gasteiger partial charge on any atom is 0.246 e. The molecule has 2 atom stereocenters. The molecule has 0 spiro atoms. The minimum absolute atomic E-state index is 0.0193. The van der Waals surface area contributed by atoms with E-state index in [1.54, 1.807) is 6.33 Å². The molecule has 2 bridgehead atoms.